The van der Waals surface area contributed by atoms with Crippen molar-refractivity contribution in [2.75, 3.05) is 24.3 Å². The molecule has 0 radical (unpaired) electrons. The van der Waals surface area contributed by atoms with Gasteiger partial charge in [0.2, 0.25) is 0 Å². The van der Waals surface area contributed by atoms with Crippen LogP contribution < -0.4 is 19.5 Å². The zero-order valence-electron chi connectivity index (χ0n) is 18.4. The van der Waals surface area contributed by atoms with E-state index in [1.54, 1.807) is 13.0 Å². The van der Waals surface area contributed by atoms with Gasteiger partial charge in [-0.3, -0.25) is 9.52 Å². The Morgan fingerprint density at radius 3 is 2.32 bits per heavy atom. The first-order valence-corrected chi connectivity index (χ1v) is 11.3. The number of amides is 1. The maximum atomic E-state index is 13.0. The Labute approximate surface area is 194 Å². The highest BCUT2D eigenvalue weighted by atomic mass is 32.2. The van der Waals surface area contributed by atoms with Gasteiger partial charge in [0.05, 0.1) is 30.4 Å². The molecule has 3 rings (SSSR count). The molecule has 0 aliphatic rings. The lowest BCUT2D eigenvalue weighted by atomic mass is 10.1. The van der Waals surface area contributed by atoms with Crippen molar-refractivity contribution in [3.63, 3.8) is 0 Å². The molecule has 34 heavy (non-hydrogen) atoms. The summed E-state index contributed by atoms with van der Waals surface area (Å²) in [4.78, 5) is 12.5. The second-order valence-electron chi connectivity index (χ2n) is 7.18. The highest BCUT2D eigenvalue weighted by molar-refractivity contribution is 7.92. The van der Waals surface area contributed by atoms with Gasteiger partial charge in [-0.05, 0) is 55.0 Å². The molecule has 1 amide bonds. The number of halogens is 3. The van der Waals surface area contributed by atoms with Gasteiger partial charge in [0.25, 0.3) is 15.9 Å². The van der Waals surface area contributed by atoms with Crippen molar-refractivity contribution in [2.24, 2.45) is 0 Å². The van der Waals surface area contributed by atoms with Crippen LogP contribution in [0.4, 0.5) is 24.5 Å². The summed E-state index contributed by atoms with van der Waals surface area (Å²) in [7, 11) is -1.35. The van der Waals surface area contributed by atoms with E-state index in [1.807, 2.05) is 0 Å². The highest BCUT2D eigenvalue weighted by Gasteiger charge is 2.30. The number of alkyl halides is 3. The molecule has 3 aromatic rings. The molecule has 0 unspecified atom stereocenters. The Balaban J connectivity index is 1.91. The van der Waals surface area contributed by atoms with E-state index < -0.39 is 27.7 Å². The minimum absolute atomic E-state index is 0.0158. The summed E-state index contributed by atoms with van der Waals surface area (Å²) in [6, 6.07) is 12.6. The molecule has 180 valence electrons. The topological polar surface area (TPSA) is 93.7 Å². The van der Waals surface area contributed by atoms with Crippen LogP contribution in [-0.2, 0) is 16.2 Å². The molecule has 3 aromatic carbocycles. The van der Waals surface area contributed by atoms with Crippen LogP contribution in [0.3, 0.4) is 0 Å². The Hall–Kier alpha value is -3.73. The molecule has 0 bridgehead atoms. The number of methoxy groups -OCH3 is 2. The third-order valence-corrected chi connectivity index (χ3v) is 6.23. The van der Waals surface area contributed by atoms with E-state index in [9.17, 15) is 26.4 Å². The smallest absolute Gasteiger partial charge is 0.416 e. The summed E-state index contributed by atoms with van der Waals surface area (Å²) >= 11 is 0. The maximum absolute atomic E-state index is 13.0. The molecule has 0 spiro atoms. The number of carbonyl (C=O) groups is 1. The second kappa shape index (κ2) is 9.64. The van der Waals surface area contributed by atoms with E-state index in [-0.39, 0.29) is 27.6 Å². The van der Waals surface area contributed by atoms with Crippen LogP contribution in [0.1, 0.15) is 21.5 Å². The molecule has 0 fully saturated rings. The number of benzene rings is 3. The average Bonchev–Trinajstić information content (AvgIpc) is 2.78. The SMILES string of the molecule is COc1ccc(OC)c(NS(=O)(=O)c2ccc(C)c(C(=O)Nc3cccc(C(F)(F)F)c3)c2)c1. The van der Waals surface area contributed by atoms with Gasteiger partial charge in [0.15, 0.2) is 0 Å². The summed E-state index contributed by atoms with van der Waals surface area (Å²) in [5.74, 6) is -0.115. The van der Waals surface area contributed by atoms with Crippen LogP contribution in [0.15, 0.2) is 65.6 Å². The lowest BCUT2D eigenvalue weighted by Gasteiger charge is -2.15. The highest BCUT2D eigenvalue weighted by Crippen LogP contribution is 2.32. The maximum Gasteiger partial charge on any atom is 0.416 e. The molecule has 0 aromatic heterocycles. The van der Waals surface area contributed by atoms with Crippen molar-refractivity contribution in [3.05, 3.63) is 77.4 Å². The zero-order chi connectivity index (χ0) is 25.1. The number of hydrogen-bond acceptors (Lipinski definition) is 5. The quantitative estimate of drug-likeness (QED) is 0.478. The summed E-state index contributed by atoms with van der Waals surface area (Å²) < 4.78 is 77.6. The van der Waals surface area contributed by atoms with Crippen molar-refractivity contribution in [1.82, 2.24) is 0 Å². The van der Waals surface area contributed by atoms with Crippen LogP contribution in [0.5, 0.6) is 11.5 Å². The van der Waals surface area contributed by atoms with Crippen molar-refractivity contribution in [2.45, 2.75) is 18.0 Å². The second-order valence-corrected chi connectivity index (χ2v) is 8.86. The summed E-state index contributed by atoms with van der Waals surface area (Å²) in [6.45, 7) is 1.58. The fourth-order valence-electron chi connectivity index (χ4n) is 3.08. The number of sulfonamides is 1. The van der Waals surface area contributed by atoms with Gasteiger partial charge in [0.1, 0.15) is 11.5 Å². The lowest BCUT2D eigenvalue weighted by molar-refractivity contribution is -0.137. The first-order valence-electron chi connectivity index (χ1n) is 9.78. The monoisotopic (exact) mass is 494 g/mol. The summed E-state index contributed by atoms with van der Waals surface area (Å²) in [5.41, 5.74) is -0.459. The molecule has 0 saturated heterocycles. The molecule has 0 saturated carbocycles. The Kier molecular flexibility index (Phi) is 7.06. The number of carbonyl (C=O) groups excluding carboxylic acids is 1. The van der Waals surface area contributed by atoms with E-state index in [0.717, 1.165) is 24.3 Å². The van der Waals surface area contributed by atoms with Gasteiger partial charge in [0, 0.05) is 17.3 Å². The van der Waals surface area contributed by atoms with Crippen molar-refractivity contribution >= 4 is 27.3 Å². The third-order valence-electron chi connectivity index (χ3n) is 4.86. The van der Waals surface area contributed by atoms with Crippen LogP contribution in [0.25, 0.3) is 0 Å². The molecule has 2 N–H and O–H groups in total. The van der Waals surface area contributed by atoms with E-state index in [1.165, 1.54) is 44.6 Å². The summed E-state index contributed by atoms with van der Waals surface area (Å²) in [6.07, 6.45) is -4.57. The fourth-order valence-corrected chi connectivity index (χ4v) is 4.17. The Morgan fingerprint density at radius 1 is 0.941 bits per heavy atom. The van der Waals surface area contributed by atoms with Crippen LogP contribution >= 0.6 is 0 Å². The number of nitrogens with one attached hydrogen (secondary N) is 2. The van der Waals surface area contributed by atoms with Crippen LogP contribution in [0.2, 0.25) is 0 Å². The number of ether oxygens (including phenoxy) is 2. The standard InChI is InChI=1S/C23H21F3N2O5S/c1-14-7-9-18(34(30,31)28-20-12-17(32-2)8-10-21(20)33-3)13-19(14)22(29)27-16-6-4-5-15(11-16)23(24,25)26/h4-13,28H,1-3H3,(H,27,29). The van der Waals surface area contributed by atoms with Crippen molar-refractivity contribution in [1.29, 1.82) is 0 Å². The lowest BCUT2D eigenvalue weighted by Crippen LogP contribution is -2.17. The average molecular weight is 494 g/mol. The van der Waals surface area contributed by atoms with Crippen LogP contribution in [-0.4, -0.2) is 28.5 Å². The molecular formula is C23H21F3N2O5S. The summed E-state index contributed by atoms with van der Waals surface area (Å²) in [5, 5.41) is 2.38. The van der Waals surface area contributed by atoms with E-state index in [4.69, 9.17) is 9.47 Å². The molecule has 0 heterocycles. The molecule has 0 atom stereocenters. The third kappa shape index (κ3) is 5.60. The number of rotatable bonds is 7. The molecule has 0 aliphatic carbocycles. The first-order chi connectivity index (χ1) is 15.9. The molecule has 0 aliphatic heterocycles. The minimum Gasteiger partial charge on any atom is -0.497 e. The molecule has 11 heteroatoms. The first kappa shape index (κ1) is 24.9. The van der Waals surface area contributed by atoms with Crippen LogP contribution in [0, 0.1) is 6.92 Å². The predicted octanol–water partition coefficient (Wildman–Crippen LogP) is 5.08. The molecule has 7 nitrogen and oxygen atoms in total. The van der Waals surface area contributed by atoms with Gasteiger partial charge < -0.3 is 14.8 Å². The predicted molar refractivity (Wildman–Crippen MR) is 121 cm³/mol. The largest absolute Gasteiger partial charge is 0.497 e. The minimum atomic E-state index is -4.57. The number of anilines is 2. The van der Waals surface area contributed by atoms with Gasteiger partial charge in [-0.15, -0.1) is 0 Å². The van der Waals surface area contributed by atoms with Gasteiger partial charge in [-0.1, -0.05) is 12.1 Å². The molecular weight excluding hydrogens is 473 g/mol. The number of aryl methyl sites for hydroxylation is 1. The van der Waals surface area contributed by atoms with E-state index in [2.05, 4.69) is 10.0 Å². The van der Waals surface area contributed by atoms with E-state index >= 15 is 0 Å². The Morgan fingerprint density at radius 2 is 1.68 bits per heavy atom. The van der Waals surface area contributed by atoms with Crippen molar-refractivity contribution < 1.29 is 35.9 Å². The number of hydrogen-bond donors (Lipinski definition) is 2. The van der Waals surface area contributed by atoms with Gasteiger partial charge in [-0.25, -0.2) is 8.42 Å². The normalized spacial score (nSPS) is 11.6. The fraction of sp³-hybridized carbons (Fsp3) is 0.174. The van der Waals surface area contributed by atoms with Gasteiger partial charge >= 0.3 is 6.18 Å². The van der Waals surface area contributed by atoms with Gasteiger partial charge in [-0.2, -0.15) is 13.2 Å². The van der Waals surface area contributed by atoms with E-state index in [0.29, 0.717) is 11.3 Å². The zero-order valence-corrected chi connectivity index (χ0v) is 19.2. The van der Waals surface area contributed by atoms with Crippen molar-refractivity contribution in [3.8, 4) is 11.5 Å². The Bertz CT molecular complexity index is 1320.